The Labute approximate surface area is 248 Å². The lowest BCUT2D eigenvalue weighted by atomic mass is 9.78. The van der Waals surface area contributed by atoms with Crippen LogP contribution in [0.1, 0.15) is 34.7 Å². The Hall–Kier alpha value is -5.35. The van der Waals surface area contributed by atoms with Crippen molar-refractivity contribution in [3.05, 3.63) is 132 Å². The standard InChI is InChI=1S/C39H26N4/c1-22-24-14-8-20-40-38(24)42-39(41-22)43-34-15-7-6-13-29(34)33-21-32-27-12-5-4-11-26(27)28-18-19-31(32)36(37(33)43)35-25-10-3-2-9-23(25)16-17-30(28)35/h2-17,20-21,28H,18-19H2,1H3/t28-/m1/s1. The van der Waals surface area contributed by atoms with Crippen LogP contribution < -0.4 is 0 Å². The second-order valence-corrected chi connectivity index (χ2v) is 11.9. The Morgan fingerprint density at radius 1 is 0.674 bits per heavy atom. The van der Waals surface area contributed by atoms with Crippen LogP contribution >= 0.6 is 0 Å². The molecule has 0 unspecified atom stereocenters. The topological polar surface area (TPSA) is 43.6 Å². The number of aromatic nitrogens is 4. The monoisotopic (exact) mass is 550 g/mol. The van der Waals surface area contributed by atoms with E-state index in [4.69, 9.17) is 9.97 Å². The van der Waals surface area contributed by atoms with E-state index in [2.05, 4.69) is 114 Å². The number of hydrogen-bond acceptors (Lipinski definition) is 3. The molecule has 0 N–H and O–H groups in total. The molecule has 1 atom stereocenters. The van der Waals surface area contributed by atoms with Crippen LogP contribution in [0.25, 0.3) is 71.8 Å². The number of aryl methyl sites for hydroxylation is 1. The van der Waals surface area contributed by atoms with Gasteiger partial charge in [-0.25, -0.2) is 9.97 Å². The molecule has 3 heterocycles. The highest BCUT2D eigenvalue weighted by molar-refractivity contribution is 6.19. The molecular formula is C39H26N4. The zero-order valence-corrected chi connectivity index (χ0v) is 23.7. The van der Waals surface area contributed by atoms with Crippen molar-refractivity contribution in [1.82, 2.24) is 19.5 Å². The van der Waals surface area contributed by atoms with E-state index in [0.29, 0.717) is 11.9 Å². The third-order valence-electron chi connectivity index (χ3n) is 9.81. The minimum atomic E-state index is 0.331. The first-order valence-electron chi connectivity index (χ1n) is 15.1. The molecule has 2 aliphatic carbocycles. The summed E-state index contributed by atoms with van der Waals surface area (Å²) in [4.78, 5) is 14.9. The zero-order chi connectivity index (χ0) is 28.2. The average Bonchev–Trinajstić information content (AvgIpc) is 3.16. The van der Waals surface area contributed by atoms with E-state index in [1.165, 1.54) is 66.0 Å². The summed E-state index contributed by atoms with van der Waals surface area (Å²) in [5.41, 5.74) is 13.6. The Morgan fingerprint density at radius 2 is 1.49 bits per heavy atom. The molecule has 202 valence electrons. The fraction of sp³-hybridized carbons (Fsp3) is 0.103. The van der Waals surface area contributed by atoms with Crippen molar-refractivity contribution in [3.8, 4) is 28.2 Å². The molecule has 0 fully saturated rings. The molecule has 0 aliphatic heterocycles. The molecule has 8 aromatic rings. The van der Waals surface area contributed by atoms with Crippen LogP contribution in [0.2, 0.25) is 0 Å². The highest BCUT2D eigenvalue weighted by atomic mass is 15.2. The molecule has 0 radical (unpaired) electrons. The number of nitrogens with zero attached hydrogens (tertiary/aromatic N) is 4. The van der Waals surface area contributed by atoms with Crippen LogP contribution in [-0.4, -0.2) is 19.5 Å². The minimum Gasteiger partial charge on any atom is -0.277 e. The Bertz CT molecular complexity index is 2490. The highest BCUT2D eigenvalue weighted by Crippen LogP contribution is 2.55. The fourth-order valence-electron chi connectivity index (χ4n) is 8.01. The molecule has 0 saturated heterocycles. The Balaban J connectivity index is 1.48. The van der Waals surface area contributed by atoms with Gasteiger partial charge in [-0.2, -0.15) is 4.98 Å². The summed E-state index contributed by atoms with van der Waals surface area (Å²) in [6.07, 6.45) is 3.92. The molecular weight excluding hydrogens is 524 g/mol. The summed E-state index contributed by atoms with van der Waals surface area (Å²) >= 11 is 0. The van der Waals surface area contributed by atoms with Gasteiger partial charge in [-0.3, -0.25) is 4.57 Å². The first-order valence-corrected chi connectivity index (χ1v) is 15.1. The maximum atomic E-state index is 5.13. The van der Waals surface area contributed by atoms with Gasteiger partial charge in [0, 0.05) is 33.8 Å². The predicted octanol–water partition coefficient (Wildman–Crippen LogP) is 9.31. The van der Waals surface area contributed by atoms with E-state index < -0.39 is 0 Å². The maximum Gasteiger partial charge on any atom is 0.236 e. The number of benzene rings is 5. The van der Waals surface area contributed by atoms with Gasteiger partial charge in [0.2, 0.25) is 5.95 Å². The number of fused-ring (bicyclic) bond motifs is 15. The van der Waals surface area contributed by atoms with Crippen molar-refractivity contribution in [3.63, 3.8) is 0 Å². The second-order valence-electron chi connectivity index (χ2n) is 11.9. The quantitative estimate of drug-likeness (QED) is 0.205. The Kier molecular flexibility index (Phi) is 4.52. The molecule has 43 heavy (non-hydrogen) atoms. The summed E-state index contributed by atoms with van der Waals surface area (Å²) in [5.74, 6) is 1.00. The van der Waals surface area contributed by atoms with Gasteiger partial charge < -0.3 is 0 Å². The van der Waals surface area contributed by atoms with E-state index in [0.717, 1.165) is 35.1 Å². The molecule has 0 amide bonds. The molecule has 5 aromatic carbocycles. The summed E-state index contributed by atoms with van der Waals surface area (Å²) in [6, 6.07) is 37.8. The summed E-state index contributed by atoms with van der Waals surface area (Å²) in [6.45, 7) is 2.06. The highest BCUT2D eigenvalue weighted by Gasteiger charge is 2.35. The number of para-hydroxylation sites is 1. The molecule has 10 rings (SSSR count). The largest absolute Gasteiger partial charge is 0.277 e. The van der Waals surface area contributed by atoms with Crippen LogP contribution in [0.3, 0.4) is 0 Å². The van der Waals surface area contributed by atoms with E-state index in [-0.39, 0.29) is 0 Å². The van der Waals surface area contributed by atoms with Crippen LogP contribution in [0.5, 0.6) is 0 Å². The maximum absolute atomic E-state index is 5.13. The third kappa shape index (κ3) is 3.02. The number of hydrogen-bond donors (Lipinski definition) is 0. The second kappa shape index (κ2) is 8.36. The van der Waals surface area contributed by atoms with Gasteiger partial charge in [0.15, 0.2) is 5.65 Å². The number of rotatable bonds is 1. The van der Waals surface area contributed by atoms with E-state index in [1.807, 2.05) is 12.3 Å². The molecule has 4 heteroatoms. The Morgan fingerprint density at radius 3 is 2.44 bits per heavy atom. The lowest BCUT2D eigenvalue weighted by Gasteiger charge is -2.26. The predicted molar refractivity (Wildman–Crippen MR) is 175 cm³/mol. The van der Waals surface area contributed by atoms with Crippen molar-refractivity contribution in [2.24, 2.45) is 0 Å². The lowest BCUT2D eigenvalue weighted by Crippen LogP contribution is -2.07. The van der Waals surface area contributed by atoms with Crippen LogP contribution in [0.4, 0.5) is 0 Å². The van der Waals surface area contributed by atoms with Gasteiger partial charge >= 0.3 is 0 Å². The number of pyridine rings is 1. The van der Waals surface area contributed by atoms with E-state index >= 15 is 0 Å². The van der Waals surface area contributed by atoms with Crippen LogP contribution in [0.15, 0.2) is 109 Å². The normalized spacial score (nSPS) is 15.1. The lowest BCUT2D eigenvalue weighted by molar-refractivity contribution is 0.736. The molecule has 2 bridgehead atoms. The molecule has 3 aromatic heterocycles. The van der Waals surface area contributed by atoms with Crippen molar-refractivity contribution in [1.29, 1.82) is 0 Å². The third-order valence-corrected chi connectivity index (χ3v) is 9.81. The van der Waals surface area contributed by atoms with Gasteiger partial charge in [-0.05, 0) is 88.2 Å². The van der Waals surface area contributed by atoms with Crippen molar-refractivity contribution < 1.29 is 0 Å². The van der Waals surface area contributed by atoms with Crippen LogP contribution in [0, 0.1) is 6.92 Å². The molecule has 2 aliphatic rings. The minimum absolute atomic E-state index is 0.331. The van der Waals surface area contributed by atoms with Crippen molar-refractivity contribution in [2.45, 2.75) is 25.7 Å². The van der Waals surface area contributed by atoms with Gasteiger partial charge in [0.1, 0.15) is 0 Å². The first-order chi connectivity index (χ1) is 21.3. The van der Waals surface area contributed by atoms with E-state index in [1.54, 1.807) is 0 Å². The van der Waals surface area contributed by atoms with E-state index in [9.17, 15) is 0 Å². The summed E-state index contributed by atoms with van der Waals surface area (Å²) in [7, 11) is 0. The van der Waals surface area contributed by atoms with Gasteiger partial charge in [-0.1, -0.05) is 78.9 Å². The van der Waals surface area contributed by atoms with Gasteiger partial charge in [0.25, 0.3) is 0 Å². The first kappa shape index (κ1) is 23.2. The summed E-state index contributed by atoms with van der Waals surface area (Å²) in [5, 5.41) is 6.01. The summed E-state index contributed by atoms with van der Waals surface area (Å²) < 4.78 is 2.31. The van der Waals surface area contributed by atoms with Gasteiger partial charge in [0.05, 0.1) is 16.7 Å². The van der Waals surface area contributed by atoms with Crippen molar-refractivity contribution >= 4 is 43.6 Å². The molecule has 4 nitrogen and oxygen atoms in total. The van der Waals surface area contributed by atoms with Crippen molar-refractivity contribution in [2.75, 3.05) is 0 Å². The molecule has 0 saturated carbocycles. The molecule has 0 spiro atoms. The smallest absolute Gasteiger partial charge is 0.236 e. The SMILES string of the molecule is Cc1nc(-n2c3ccccc3c3cc4c5c(c32)-c2c(ccc3ccccc23)[C@H](CC5)c2ccccc2-4)nc2ncccc12. The van der Waals surface area contributed by atoms with Crippen LogP contribution in [-0.2, 0) is 6.42 Å². The van der Waals surface area contributed by atoms with Gasteiger partial charge in [-0.15, -0.1) is 0 Å². The fourth-order valence-corrected chi connectivity index (χ4v) is 8.01. The zero-order valence-electron chi connectivity index (χ0n) is 23.7. The average molecular weight is 551 g/mol.